The van der Waals surface area contributed by atoms with E-state index >= 15 is 0 Å². The minimum atomic E-state index is 0.302. The van der Waals surface area contributed by atoms with E-state index in [2.05, 4.69) is 34.6 Å². The maximum Gasteiger partial charge on any atom is 0.0808 e. The number of ether oxygens (including phenoxy) is 2. The van der Waals surface area contributed by atoms with Crippen LogP contribution in [0.4, 0.5) is 0 Å². The third-order valence-corrected chi connectivity index (χ3v) is 3.07. The summed E-state index contributed by atoms with van der Waals surface area (Å²) in [6.45, 7) is 13.7. The molecule has 1 atom stereocenters. The van der Waals surface area contributed by atoms with E-state index in [0.29, 0.717) is 6.10 Å². The molecule has 0 aromatic carbocycles. The fourth-order valence-corrected chi connectivity index (χ4v) is 1.65. The second-order valence-electron chi connectivity index (χ2n) is 6.07. The van der Waals surface area contributed by atoms with E-state index in [9.17, 15) is 0 Å². The number of hydrogen-bond donors (Lipinski definition) is 0. The van der Waals surface area contributed by atoms with Gasteiger partial charge in [0.15, 0.2) is 0 Å². The molecule has 0 aliphatic rings. The Balaban J connectivity index is 3.69. The molecule has 0 aliphatic heterocycles. The molecular weight excluding hydrogens is 224 g/mol. The van der Waals surface area contributed by atoms with Crippen LogP contribution in [-0.2, 0) is 9.47 Å². The number of rotatable bonds is 12. The van der Waals surface area contributed by atoms with Crippen molar-refractivity contribution in [1.29, 1.82) is 0 Å². The van der Waals surface area contributed by atoms with Crippen LogP contribution in [0.5, 0.6) is 0 Å². The lowest BCUT2D eigenvalue weighted by atomic mass is 10.1. The van der Waals surface area contributed by atoms with Crippen LogP contribution in [0.15, 0.2) is 0 Å². The molecule has 0 rings (SSSR count). The van der Waals surface area contributed by atoms with E-state index in [1.54, 1.807) is 0 Å². The van der Waals surface area contributed by atoms with E-state index in [1.165, 1.54) is 12.8 Å². The molecule has 0 spiro atoms. The second kappa shape index (κ2) is 12.0. The van der Waals surface area contributed by atoms with Crippen molar-refractivity contribution in [3.8, 4) is 0 Å². The molecule has 2 heteroatoms. The van der Waals surface area contributed by atoms with Crippen LogP contribution < -0.4 is 0 Å². The monoisotopic (exact) mass is 258 g/mol. The SMILES string of the molecule is CCCCC(COCCC(C)C)OCCC(C)C. The zero-order valence-corrected chi connectivity index (χ0v) is 13.2. The summed E-state index contributed by atoms with van der Waals surface area (Å²) < 4.78 is 11.7. The van der Waals surface area contributed by atoms with Crippen LogP contribution in [0.3, 0.4) is 0 Å². The summed E-state index contributed by atoms with van der Waals surface area (Å²) in [5.74, 6) is 1.44. The van der Waals surface area contributed by atoms with Gasteiger partial charge in [0.25, 0.3) is 0 Å². The van der Waals surface area contributed by atoms with Gasteiger partial charge in [0.1, 0.15) is 0 Å². The van der Waals surface area contributed by atoms with Gasteiger partial charge in [0, 0.05) is 13.2 Å². The topological polar surface area (TPSA) is 18.5 Å². The van der Waals surface area contributed by atoms with Crippen molar-refractivity contribution in [1.82, 2.24) is 0 Å². The molecule has 0 aliphatic carbocycles. The highest BCUT2D eigenvalue weighted by molar-refractivity contribution is 4.58. The molecule has 18 heavy (non-hydrogen) atoms. The second-order valence-corrected chi connectivity index (χ2v) is 6.07. The van der Waals surface area contributed by atoms with Crippen LogP contribution in [0.1, 0.15) is 66.7 Å². The first-order valence-corrected chi connectivity index (χ1v) is 7.75. The van der Waals surface area contributed by atoms with Crippen LogP contribution in [0.25, 0.3) is 0 Å². The minimum absolute atomic E-state index is 0.302. The van der Waals surface area contributed by atoms with Crippen molar-refractivity contribution in [2.24, 2.45) is 11.8 Å². The molecule has 2 nitrogen and oxygen atoms in total. The highest BCUT2D eigenvalue weighted by Crippen LogP contribution is 2.09. The van der Waals surface area contributed by atoms with Crippen LogP contribution in [-0.4, -0.2) is 25.9 Å². The zero-order valence-electron chi connectivity index (χ0n) is 13.2. The largest absolute Gasteiger partial charge is 0.379 e. The Morgan fingerprint density at radius 3 is 2.00 bits per heavy atom. The number of unbranched alkanes of at least 4 members (excludes halogenated alkanes) is 1. The van der Waals surface area contributed by atoms with E-state index in [4.69, 9.17) is 9.47 Å². The molecule has 0 saturated carbocycles. The van der Waals surface area contributed by atoms with Crippen molar-refractivity contribution in [3.63, 3.8) is 0 Å². The van der Waals surface area contributed by atoms with Crippen molar-refractivity contribution < 1.29 is 9.47 Å². The van der Waals surface area contributed by atoms with Gasteiger partial charge in [-0.3, -0.25) is 0 Å². The molecule has 1 unspecified atom stereocenters. The predicted octanol–water partition coefficient (Wildman–Crippen LogP) is 4.67. The summed E-state index contributed by atoms with van der Waals surface area (Å²) in [5, 5.41) is 0. The summed E-state index contributed by atoms with van der Waals surface area (Å²) in [6.07, 6.45) is 6.20. The summed E-state index contributed by atoms with van der Waals surface area (Å²) in [5.41, 5.74) is 0. The zero-order chi connectivity index (χ0) is 13.8. The van der Waals surface area contributed by atoms with E-state index in [0.717, 1.165) is 50.9 Å². The normalized spacial score (nSPS) is 13.5. The highest BCUT2D eigenvalue weighted by Gasteiger charge is 2.09. The summed E-state index contributed by atoms with van der Waals surface area (Å²) >= 11 is 0. The predicted molar refractivity (Wildman–Crippen MR) is 79.0 cm³/mol. The molecule has 0 N–H and O–H groups in total. The Morgan fingerprint density at radius 1 is 0.833 bits per heavy atom. The third-order valence-electron chi connectivity index (χ3n) is 3.07. The molecule has 0 fully saturated rings. The van der Waals surface area contributed by atoms with Crippen LogP contribution in [0, 0.1) is 11.8 Å². The van der Waals surface area contributed by atoms with Gasteiger partial charge >= 0.3 is 0 Å². The van der Waals surface area contributed by atoms with Crippen molar-refractivity contribution in [2.75, 3.05) is 19.8 Å². The lowest BCUT2D eigenvalue weighted by Gasteiger charge is -2.19. The standard InChI is InChI=1S/C16H34O2/c1-6-7-8-16(18-12-10-15(4)5)13-17-11-9-14(2)3/h14-16H,6-13H2,1-5H3. The van der Waals surface area contributed by atoms with Gasteiger partial charge in [-0.2, -0.15) is 0 Å². The van der Waals surface area contributed by atoms with E-state index in [-0.39, 0.29) is 0 Å². The molecular formula is C16H34O2. The Bertz CT molecular complexity index is 166. The fourth-order valence-electron chi connectivity index (χ4n) is 1.65. The quantitative estimate of drug-likeness (QED) is 0.474. The summed E-state index contributed by atoms with van der Waals surface area (Å²) in [4.78, 5) is 0. The van der Waals surface area contributed by atoms with Crippen LogP contribution >= 0.6 is 0 Å². The van der Waals surface area contributed by atoms with Crippen molar-refractivity contribution in [3.05, 3.63) is 0 Å². The Labute approximate surface area is 114 Å². The summed E-state index contributed by atoms with van der Waals surface area (Å²) in [7, 11) is 0. The maximum absolute atomic E-state index is 5.94. The van der Waals surface area contributed by atoms with Gasteiger partial charge < -0.3 is 9.47 Å². The maximum atomic E-state index is 5.94. The highest BCUT2D eigenvalue weighted by atomic mass is 16.5. The first-order chi connectivity index (χ1) is 8.56. The van der Waals surface area contributed by atoms with E-state index in [1.807, 2.05) is 0 Å². The van der Waals surface area contributed by atoms with Gasteiger partial charge in [0.05, 0.1) is 12.7 Å². The average molecular weight is 258 g/mol. The molecule has 0 heterocycles. The molecule has 0 saturated heterocycles. The molecule has 0 bridgehead atoms. The average Bonchev–Trinajstić information content (AvgIpc) is 2.29. The lowest BCUT2D eigenvalue weighted by Crippen LogP contribution is -2.21. The molecule has 0 aromatic heterocycles. The Kier molecular flexibility index (Phi) is 11.9. The van der Waals surface area contributed by atoms with Gasteiger partial charge in [-0.1, -0.05) is 47.5 Å². The van der Waals surface area contributed by atoms with Crippen molar-refractivity contribution in [2.45, 2.75) is 72.8 Å². The van der Waals surface area contributed by atoms with Crippen LogP contribution in [0.2, 0.25) is 0 Å². The molecule has 110 valence electrons. The summed E-state index contributed by atoms with van der Waals surface area (Å²) in [6, 6.07) is 0. The molecule has 0 radical (unpaired) electrons. The third kappa shape index (κ3) is 12.4. The smallest absolute Gasteiger partial charge is 0.0808 e. The fraction of sp³-hybridized carbons (Fsp3) is 1.00. The van der Waals surface area contributed by atoms with Gasteiger partial charge in [-0.25, -0.2) is 0 Å². The van der Waals surface area contributed by atoms with Gasteiger partial charge in [-0.15, -0.1) is 0 Å². The molecule has 0 amide bonds. The minimum Gasteiger partial charge on any atom is -0.379 e. The van der Waals surface area contributed by atoms with Gasteiger partial charge in [-0.05, 0) is 31.1 Å². The van der Waals surface area contributed by atoms with Gasteiger partial charge in [0.2, 0.25) is 0 Å². The lowest BCUT2D eigenvalue weighted by molar-refractivity contribution is -0.0262. The first-order valence-electron chi connectivity index (χ1n) is 7.75. The molecule has 0 aromatic rings. The Hall–Kier alpha value is -0.0800. The van der Waals surface area contributed by atoms with E-state index < -0.39 is 0 Å². The number of hydrogen-bond acceptors (Lipinski definition) is 2. The van der Waals surface area contributed by atoms with Crippen molar-refractivity contribution >= 4 is 0 Å². The first kappa shape index (κ1) is 17.9. The Morgan fingerprint density at radius 2 is 1.44 bits per heavy atom.